The van der Waals surface area contributed by atoms with E-state index in [2.05, 4.69) is 84.9 Å². The zero-order chi connectivity index (χ0) is 19.3. The van der Waals surface area contributed by atoms with Gasteiger partial charge >= 0.3 is 0 Å². The van der Waals surface area contributed by atoms with Crippen molar-refractivity contribution in [1.82, 2.24) is 0 Å². The van der Waals surface area contributed by atoms with Crippen molar-refractivity contribution in [3.8, 4) is 11.1 Å². The molecule has 0 heterocycles. The van der Waals surface area contributed by atoms with E-state index in [9.17, 15) is 0 Å². The third-order valence-electron chi connectivity index (χ3n) is 5.17. The van der Waals surface area contributed by atoms with Crippen LogP contribution >= 0.6 is 8.58 Å². The van der Waals surface area contributed by atoms with Gasteiger partial charge in [0.2, 0.25) is 0 Å². The van der Waals surface area contributed by atoms with Gasteiger partial charge in [-0.1, -0.05) is 99.9 Å². The van der Waals surface area contributed by atoms with Crippen LogP contribution in [0.5, 0.6) is 0 Å². The Balaban J connectivity index is 2.68. The Kier molecular flexibility index (Phi) is 7.90. The smallest absolute Gasteiger partial charge is 0.0104 e. The van der Waals surface area contributed by atoms with Gasteiger partial charge in [-0.05, 0) is 63.5 Å². The standard InChI is InChI=1S/C25H37P/c1-8-9-14-26-24-13-11-10-12-21(24)25-22(18(4)5)15-20(17(2)3)16-23(25)19(6)7/h10-13,15-19,26H,8-9,14H2,1-7H3. The minimum absolute atomic E-state index is 0.535. The Labute approximate surface area is 163 Å². The summed E-state index contributed by atoms with van der Waals surface area (Å²) in [6.45, 7) is 16.3. The maximum Gasteiger partial charge on any atom is -0.0104 e. The topological polar surface area (TPSA) is 0 Å². The molecule has 0 spiro atoms. The summed E-state index contributed by atoms with van der Waals surface area (Å²) in [5, 5.41) is 1.54. The second kappa shape index (κ2) is 9.70. The van der Waals surface area contributed by atoms with Gasteiger partial charge in [0.15, 0.2) is 0 Å². The largest absolute Gasteiger partial charge is 0.0897 e. The first-order valence-electron chi connectivity index (χ1n) is 10.4. The average molecular weight is 369 g/mol. The van der Waals surface area contributed by atoms with Gasteiger partial charge in [-0.3, -0.25) is 0 Å². The molecule has 0 bridgehead atoms. The first-order valence-corrected chi connectivity index (χ1v) is 11.6. The molecule has 0 fully saturated rings. The van der Waals surface area contributed by atoms with Crippen molar-refractivity contribution in [2.24, 2.45) is 0 Å². The Morgan fingerprint density at radius 1 is 0.808 bits per heavy atom. The van der Waals surface area contributed by atoms with Gasteiger partial charge in [-0.2, -0.15) is 0 Å². The summed E-state index contributed by atoms with van der Waals surface area (Å²) in [4.78, 5) is 0. The van der Waals surface area contributed by atoms with Gasteiger partial charge in [-0.25, -0.2) is 0 Å². The Hall–Kier alpha value is -1.13. The molecule has 0 N–H and O–H groups in total. The zero-order valence-electron chi connectivity index (χ0n) is 17.8. The van der Waals surface area contributed by atoms with Crippen LogP contribution < -0.4 is 5.30 Å². The molecule has 0 radical (unpaired) electrons. The predicted octanol–water partition coefficient (Wildman–Crippen LogP) is 7.83. The van der Waals surface area contributed by atoms with E-state index >= 15 is 0 Å². The molecule has 0 aliphatic heterocycles. The number of benzene rings is 2. The third kappa shape index (κ3) is 4.98. The Bertz CT molecular complexity index is 681. The van der Waals surface area contributed by atoms with Crippen molar-refractivity contribution >= 4 is 13.9 Å². The monoisotopic (exact) mass is 368 g/mol. The highest BCUT2D eigenvalue weighted by Gasteiger charge is 2.20. The van der Waals surface area contributed by atoms with E-state index in [1.807, 2.05) is 0 Å². The quantitative estimate of drug-likeness (QED) is 0.329. The maximum absolute atomic E-state index is 2.47. The molecule has 0 saturated carbocycles. The normalized spacial score (nSPS) is 12.2. The van der Waals surface area contributed by atoms with E-state index < -0.39 is 0 Å². The lowest BCUT2D eigenvalue weighted by Gasteiger charge is -2.24. The molecule has 0 amide bonds. The molecule has 0 aliphatic rings. The zero-order valence-corrected chi connectivity index (χ0v) is 18.8. The van der Waals surface area contributed by atoms with E-state index in [0.29, 0.717) is 17.8 Å². The molecular formula is C25H37P. The van der Waals surface area contributed by atoms with Crippen molar-refractivity contribution in [3.63, 3.8) is 0 Å². The molecule has 1 heteroatoms. The summed E-state index contributed by atoms with van der Waals surface area (Å²) < 4.78 is 0. The van der Waals surface area contributed by atoms with E-state index in [0.717, 1.165) is 8.58 Å². The SMILES string of the molecule is CCCCPc1ccccc1-c1c(C(C)C)cc(C(C)C)cc1C(C)C. The van der Waals surface area contributed by atoms with Crippen LogP contribution in [-0.4, -0.2) is 6.16 Å². The van der Waals surface area contributed by atoms with Crippen LogP contribution in [0.15, 0.2) is 36.4 Å². The summed E-state index contributed by atoms with van der Waals surface area (Å²) in [5.74, 6) is 1.64. The molecule has 2 aromatic carbocycles. The van der Waals surface area contributed by atoms with Crippen molar-refractivity contribution < 1.29 is 0 Å². The molecule has 0 aliphatic carbocycles. The fraction of sp³-hybridized carbons (Fsp3) is 0.520. The van der Waals surface area contributed by atoms with Crippen molar-refractivity contribution in [1.29, 1.82) is 0 Å². The Morgan fingerprint density at radius 2 is 1.38 bits per heavy atom. The first kappa shape index (κ1) is 21.2. The van der Waals surface area contributed by atoms with Crippen molar-refractivity contribution in [2.45, 2.75) is 79.1 Å². The van der Waals surface area contributed by atoms with Gasteiger partial charge in [0, 0.05) is 0 Å². The van der Waals surface area contributed by atoms with Gasteiger partial charge in [0.25, 0.3) is 0 Å². The van der Waals surface area contributed by atoms with Crippen molar-refractivity contribution in [3.05, 3.63) is 53.1 Å². The molecule has 1 unspecified atom stereocenters. The van der Waals surface area contributed by atoms with Gasteiger partial charge in [0.1, 0.15) is 0 Å². The summed E-state index contributed by atoms with van der Waals surface area (Å²) >= 11 is 0. The first-order chi connectivity index (χ1) is 12.4. The van der Waals surface area contributed by atoms with Crippen LogP contribution in [0.25, 0.3) is 11.1 Å². The number of unbranched alkanes of at least 4 members (excludes halogenated alkanes) is 1. The summed E-state index contributed by atoms with van der Waals surface area (Å²) in [6.07, 6.45) is 3.92. The number of hydrogen-bond acceptors (Lipinski definition) is 0. The Morgan fingerprint density at radius 3 is 1.88 bits per heavy atom. The summed E-state index contributed by atoms with van der Waals surface area (Å²) in [6, 6.07) is 14.1. The van der Waals surface area contributed by atoms with Crippen LogP contribution in [0.2, 0.25) is 0 Å². The average Bonchev–Trinajstić information content (AvgIpc) is 2.61. The molecular weight excluding hydrogens is 331 g/mol. The minimum Gasteiger partial charge on any atom is -0.0897 e. The predicted molar refractivity (Wildman–Crippen MR) is 122 cm³/mol. The molecule has 2 rings (SSSR count). The molecule has 2 aromatic rings. The summed E-state index contributed by atoms with van der Waals surface area (Å²) in [7, 11) is 0.908. The van der Waals surface area contributed by atoms with E-state index in [1.165, 1.54) is 46.8 Å². The molecule has 0 aromatic heterocycles. The van der Waals surface area contributed by atoms with Crippen LogP contribution in [0.3, 0.4) is 0 Å². The van der Waals surface area contributed by atoms with Gasteiger partial charge in [0.05, 0.1) is 0 Å². The second-order valence-electron chi connectivity index (χ2n) is 8.36. The minimum atomic E-state index is 0.535. The van der Waals surface area contributed by atoms with Gasteiger partial charge in [-0.15, -0.1) is 0 Å². The lowest BCUT2D eigenvalue weighted by molar-refractivity contribution is 0.808. The van der Waals surface area contributed by atoms with E-state index in [-0.39, 0.29) is 0 Å². The second-order valence-corrected chi connectivity index (χ2v) is 9.76. The molecule has 0 saturated heterocycles. The van der Waals surface area contributed by atoms with Crippen molar-refractivity contribution in [2.75, 3.05) is 6.16 Å². The van der Waals surface area contributed by atoms with Crippen LogP contribution in [-0.2, 0) is 0 Å². The molecule has 1 atom stereocenters. The van der Waals surface area contributed by atoms with Crippen LogP contribution in [0.4, 0.5) is 0 Å². The highest BCUT2D eigenvalue weighted by atomic mass is 31.1. The fourth-order valence-corrected chi connectivity index (χ4v) is 4.93. The highest BCUT2D eigenvalue weighted by Crippen LogP contribution is 2.39. The fourth-order valence-electron chi connectivity index (χ4n) is 3.52. The van der Waals surface area contributed by atoms with Gasteiger partial charge < -0.3 is 0 Å². The van der Waals surface area contributed by atoms with E-state index in [4.69, 9.17) is 0 Å². The summed E-state index contributed by atoms with van der Waals surface area (Å²) in [5.41, 5.74) is 7.51. The maximum atomic E-state index is 2.47. The number of rotatable bonds is 8. The van der Waals surface area contributed by atoms with Crippen LogP contribution in [0.1, 0.15) is 95.8 Å². The molecule has 26 heavy (non-hydrogen) atoms. The lowest BCUT2D eigenvalue weighted by atomic mass is 9.82. The lowest BCUT2D eigenvalue weighted by Crippen LogP contribution is -2.08. The molecule has 142 valence electrons. The number of hydrogen-bond donors (Lipinski definition) is 0. The highest BCUT2D eigenvalue weighted by molar-refractivity contribution is 7.47. The third-order valence-corrected chi connectivity index (χ3v) is 6.60. The van der Waals surface area contributed by atoms with Crippen LogP contribution in [0, 0.1) is 0 Å². The molecule has 0 nitrogen and oxygen atoms in total. The van der Waals surface area contributed by atoms with E-state index in [1.54, 1.807) is 5.30 Å².